The monoisotopic (exact) mass is 535 g/mol. The second kappa shape index (κ2) is 18.2. The fourth-order valence-electron chi connectivity index (χ4n) is 4.86. The number of hydrogen-bond donors (Lipinski definition) is 0. The van der Waals surface area contributed by atoms with E-state index in [2.05, 4.69) is 11.6 Å². The Morgan fingerprint density at radius 1 is 0.795 bits per heavy atom. The second-order valence-electron chi connectivity index (χ2n) is 10.4. The van der Waals surface area contributed by atoms with Gasteiger partial charge in [-0.15, -0.1) is 0 Å². The molecule has 0 unspecified atom stereocenters. The molecule has 0 amide bonds. The van der Waals surface area contributed by atoms with Crippen LogP contribution >= 0.6 is 0 Å². The van der Waals surface area contributed by atoms with E-state index in [-0.39, 0.29) is 18.0 Å². The van der Waals surface area contributed by atoms with E-state index in [9.17, 15) is 9.59 Å². The van der Waals surface area contributed by atoms with Crippen LogP contribution in [0.5, 0.6) is 5.75 Å². The van der Waals surface area contributed by atoms with Gasteiger partial charge in [-0.25, -0.2) is 9.59 Å². The number of hydrogen-bond acceptors (Lipinski definition) is 6. The highest BCUT2D eigenvalue weighted by molar-refractivity contribution is 5.90. The quantitative estimate of drug-likeness (QED) is 0.109. The first-order valence-corrected chi connectivity index (χ1v) is 14.8. The lowest BCUT2D eigenvalue weighted by Crippen LogP contribution is -2.20. The average molecular weight is 536 g/mol. The summed E-state index contributed by atoms with van der Waals surface area (Å²) in [7, 11) is 0. The third-order valence-corrected chi connectivity index (χ3v) is 7.20. The molecule has 0 radical (unpaired) electrons. The minimum Gasteiger partial charge on any atom is -0.492 e. The second-order valence-corrected chi connectivity index (χ2v) is 10.4. The van der Waals surface area contributed by atoms with Crippen LogP contribution in [0.3, 0.4) is 0 Å². The molecule has 1 aliphatic carbocycles. The van der Waals surface area contributed by atoms with Crippen molar-refractivity contribution >= 4 is 11.9 Å². The van der Waals surface area contributed by atoms with Crippen molar-refractivity contribution in [3.8, 4) is 17.0 Å². The molecule has 1 heterocycles. The molecule has 6 nitrogen and oxygen atoms in total. The topological polar surface area (TPSA) is 74.7 Å². The Bertz CT molecular complexity index is 980. The Morgan fingerprint density at radius 2 is 1.41 bits per heavy atom. The van der Waals surface area contributed by atoms with Crippen LogP contribution in [0.4, 0.5) is 0 Å². The van der Waals surface area contributed by atoms with Gasteiger partial charge in [-0.2, -0.15) is 0 Å². The Balaban J connectivity index is 1.21. The smallest absolute Gasteiger partial charge is 0.338 e. The van der Waals surface area contributed by atoms with Gasteiger partial charge in [-0.3, -0.25) is 4.98 Å². The minimum absolute atomic E-state index is 0.0652. The van der Waals surface area contributed by atoms with Gasteiger partial charge in [0.15, 0.2) is 0 Å². The van der Waals surface area contributed by atoms with Crippen molar-refractivity contribution in [1.82, 2.24) is 4.98 Å². The molecule has 2 aromatic rings. The molecular weight excluding hydrogens is 490 g/mol. The van der Waals surface area contributed by atoms with Gasteiger partial charge in [0.05, 0.1) is 30.7 Å². The predicted octanol–water partition coefficient (Wildman–Crippen LogP) is 8.25. The number of unbranched alkanes of at least 4 members (excludes halogenated alkanes) is 9. The molecule has 0 saturated heterocycles. The van der Waals surface area contributed by atoms with Gasteiger partial charge < -0.3 is 14.2 Å². The molecule has 39 heavy (non-hydrogen) atoms. The number of ether oxygens (including phenoxy) is 3. The SMILES string of the molecule is C=CC(=O)OCCCCCCCCCCCCOc1ccc(-c2ccc(C(=O)OC3CCCCC3)cc2)nc1. The molecule has 0 atom stereocenters. The van der Waals surface area contributed by atoms with E-state index in [0.29, 0.717) is 18.8 Å². The molecule has 1 aliphatic rings. The lowest BCUT2D eigenvalue weighted by molar-refractivity contribution is -0.137. The number of aromatic nitrogens is 1. The van der Waals surface area contributed by atoms with Gasteiger partial charge in [0.1, 0.15) is 11.9 Å². The van der Waals surface area contributed by atoms with Gasteiger partial charge in [-0.05, 0) is 62.8 Å². The fraction of sp³-hybridized carbons (Fsp3) is 0.545. The third kappa shape index (κ3) is 12.1. The van der Waals surface area contributed by atoms with Crippen LogP contribution in [0.1, 0.15) is 107 Å². The van der Waals surface area contributed by atoms with Crippen molar-refractivity contribution in [1.29, 1.82) is 0 Å². The fourth-order valence-corrected chi connectivity index (χ4v) is 4.86. The largest absolute Gasteiger partial charge is 0.492 e. The Kier molecular flexibility index (Phi) is 14.2. The highest BCUT2D eigenvalue weighted by Crippen LogP contribution is 2.23. The lowest BCUT2D eigenvalue weighted by atomic mass is 9.98. The van der Waals surface area contributed by atoms with Crippen LogP contribution in [0.2, 0.25) is 0 Å². The molecule has 212 valence electrons. The van der Waals surface area contributed by atoms with E-state index in [1.54, 1.807) is 6.20 Å². The number of carbonyl (C=O) groups is 2. The summed E-state index contributed by atoms with van der Waals surface area (Å²) in [6, 6.07) is 11.4. The normalized spacial score (nSPS) is 13.5. The van der Waals surface area contributed by atoms with Crippen molar-refractivity contribution in [2.24, 2.45) is 0 Å². The van der Waals surface area contributed by atoms with Crippen molar-refractivity contribution in [2.45, 2.75) is 102 Å². The van der Waals surface area contributed by atoms with E-state index in [0.717, 1.165) is 62.0 Å². The standard InChI is InChI=1S/C33H45NO5/c1-2-32(35)38-25-15-10-8-6-4-3-5-7-9-14-24-37-30-22-23-31(34-26-30)27-18-20-28(21-19-27)33(36)39-29-16-12-11-13-17-29/h2,18-23,26,29H,1,3-17,24-25H2. The number of carbonyl (C=O) groups excluding carboxylic acids is 2. The first-order chi connectivity index (χ1) is 19.2. The van der Waals surface area contributed by atoms with Crippen LogP contribution in [0.15, 0.2) is 55.3 Å². The van der Waals surface area contributed by atoms with Gasteiger partial charge >= 0.3 is 11.9 Å². The van der Waals surface area contributed by atoms with Crippen molar-refractivity contribution in [2.75, 3.05) is 13.2 Å². The van der Waals surface area contributed by atoms with Crippen molar-refractivity contribution in [3.63, 3.8) is 0 Å². The zero-order chi connectivity index (χ0) is 27.5. The van der Waals surface area contributed by atoms with E-state index >= 15 is 0 Å². The van der Waals surface area contributed by atoms with Crippen molar-refractivity contribution < 1.29 is 23.8 Å². The first-order valence-electron chi connectivity index (χ1n) is 14.8. The average Bonchev–Trinajstić information content (AvgIpc) is 2.98. The molecule has 1 fully saturated rings. The number of nitrogens with zero attached hydrogens (tertiary/aromatic N) is 1. The lowest BCUT2D eigenvalue weighted by Gasteiger charge is -2.21. The van der Waals surface area contributed by atoms with Crippen LogP contribution < -0.4 is 4.74 Å². The molecular formula is C33H45NO5. The zero-order valence-corrected chi connectivity index (χ0v) is 23.4. The van der Waals surface area contributed by atoms with E-state index in [4.69, 9.17) is 14.2 Å². The Morgan fingerprint density at radius 3 is 2.00 bits per heavy atom. The number of esters is 2. The van der Waals surface area contributed by atoms with E-state index in [1.165, 1.54) is 57.4 Å². The molecule has 0 spiro atoms. The van der Waals surface area contributed by atoms with Gasteiger partial charge in [0.2, 0.25) is 0 Å². The first kappa shape index (κ1) is 30.4. The molecule has 1 aromatic heterocycles. The summed E-state index contributed by atoms with van der Waals surface area (Å²) in [6.45, 7) is 4.59. The number of benzene rings is 1. The highest BCUT2D eigenvalue weighted by Gasteiger charge is 2.18. The molecule has 6 heteroatoms. The van der Waals surface area contributed by atoms with Gasteiger partial charge in [0, 0.05) is 11.6 Å². The molecule has 0 bridgehead atoms. The van der Waals surface area contributed by atoms with E-state index in [1.807, 2.05) is 36.4 Å². The Labute approximate surface area is 234 Å². The Hall–Kier alpha value is -3.15. The summed E-state index contributed by atoms with van der Waals surface area (Å²) in [6.07, 6.45) is 20.3. The number of rotatable bonds is 18. The summed E-state index contributed by atoms with van der Waals surface area (Å²) in [5.74, 6) is 0.219. The van der Waals surface area contributed by atoms with Crippen LogP contribution in [0.25, 0.3) is 11.3 Å². The maximum Gasteiger partial charge on any atom is 0.338 e. The molecule has 0 aliphatic heterocycles. The maximum absolute atomic E-state index is 12.4. The summed E-state index contributed by atoms with van der Waals surface area (Å²) >= 11 is 0. The maximum atomic E-state index is 12.4. The predicted molar refractivity (Wildman–Crippen MR) is 155 cm³/mol. The highest BCUT2D eigenvalue weighted by atomic mass is 16.5. The van der Waals surface area contributed by atoms with Gasteiger partial charge in [0.25, 0.3) is 0 Å². The van der Waals surface area contributed by atoms with Gasteiger partial charge in [-0.1, -0.05) is 76.5 Å². The van der Waals surface area contributed by atoms with Crippen LogP contribution in [0, 0.1) is 0 Å². The summed E-state index contributed by atoms with van der Waals surface area (Å²) in [5.41, 5.74) is 2.40. The summed E-state index contributed by atoms with van der Waals surface area (Å²) < 4.78 is 16.5. The third-order valence-electron chi connectivity index (χ3n) is 7.20. The molecule has 1 aromatic carbocycles. The molecule has 0 N–H and O–H groups in total. The summed E-state index contributed by atoms with van der Waals surface area (Å²) in [4.78, 5) is 27.9. The summed E-state index contributed by atoms with van der Waals surface area (Å²) in [5, 5.41) is 0. The molecule has 1 saturated carbocycles. The number of pyridine rings is 1. The van der Waals surface area contributed by atoms with Crippen LogP contribution in [-0.2, 0) is 14.3 Å². The molecule has 3 rings (SSSR count). The zero-order valence-electron chi connectivity index (χ0n) is 23.4. The van der Waals surface area contributed by atoms with E-state index < -0.39 is 0 Å². The minimum atomic E-state index is -0.331. The van der Waals surface area contributed by atoms with Crippen molar-refractivity contribution in [3.05, 3.63) is 60.8 Å². The van der Waals surface area contributed by atoms with Crippen LogP contribution in [-0.4, -0.2) is 36.2 Å².